The number of hydrogen-bond acceptors (Lipinski definition) is 6. The second-order valence-electron chi connectivity index (χ2n) is 7.23. The Labute approximate surface area is 164 Å². The van der Waals surface area contributed by atoms with Crippen molar-refractivity contribution in [1.29, 1.82) is 0 Å². The van der Waals surface area contributed by atoms with E-state index in [-0.39, 0.29) is 9.79 Å². The van der Waals surface area contributed by atoms with Gasteiger partial charge in [-0.2, -0.15) is 4.31 Å². The van der Waals surface area contributed by atoms with Crippen molar-refractivity contribution in [1.82, 2.24) is 19.1 Å². The van der Waals surface area contributed by atoms with Gasteiger partial charge in [0.25, 0.3) is 0 Å². The van der Waals surface area contributed by atoms with Gasteiger partial charge in [-0.1, -0.05) is 12.5 Å². The molecule has 2 aromatic rings. The largest absolute Gasteiger partial charge is 0.314 e. The lowest BCUT2D eigenvalue weighted by Gasteiger charge is -2.24. The van der Waals surface area contributed by atoms with Crippen LogP contribution in [0.3, 0.4) is 0 Å². The fourth-order valence-corrected chi connectivity index (χ4v) is 6.32. The molecule has 0 spiro atoms. The molecule has 1 aromatic carbocycles. The predicted molar refractivity (Wildman–Crippen MR) is 101 cm³/mol. The van der Waals surface area contributed by atoms with Gasteiger partial charge in [-0.3, -0.25) is 0 Å². The topological polar surface area (TPSA) is 128 Å². The first kappa shape index (κ1) is 19.5. The normalized spacial score (nSPS) is 21.4. The van der Waals surface area contributed by atoms with Crippen LogP contribution >= 0.6 is 0 Å². The number of rotatable bonds is 4. The number of nitrogens with two attached hydrogens (primary N) is 1. The van der Waals surface area contributed by atoms with E-state index in [1.54, 1.807) is 0 Å². The Hall–Kier alpha value is -1.82. The zero-order valence-electron chi connectivity index (χ0n) is 15.4. The van der Waals surface area contributed by atoms with E-state index in [0.29, 0.717) is 25.2 Å². The monoisotopic (exact) mass is 425 g/mol. The number of hydrogen-bond donors (Lipinski definition) is 1. The third-order valence-corrected chi connectivity index (χ3v) is 8.20. The van der Waals surface area contributed by atoms with Crippen LogP contribution in [-0.4, -0.2) is 42.5 Å². The van der Waals surface area contributed by atoms with Gasteiger partial charge < -0.3 is 4.57 Å². The number of sulfonamides is 2. The summed E-state index contributed by atoms with van der Waals surface area (Å²) in [6.45, 7) is 1.15. The summed E-state index contributed by atoms with van der Waals surface area (Å²) in [5.41, 5.74) is 0. The molecule has 1 fully saturated rings. The van der Waals surface area contributed by atoms with Gasteiger partial charge in [0, 0.05) is 19.5 Å². The van der Waals surface area contributed by atoms with Crippen molar-refractivity contribution in [3.05, 3.63) is 35.9 Å². The van der Waals surface area contributed by atoms with E-state index in [2.05, 4.69) is 14.8 Å². The highest BCUT2D eigenvalue weighted by Crippen LogP contribution is 2.36. The number of aromatic nitrogens is 3. The van der Waals surface area contributed by atoms with Gasteiger partial charge in [0.2, 0.25) is 20.0 Å². The number of benzene rings is 1. The zero-order chi connectivity index (χ0) is 19.9. The average molecular weight is 426 g/mol. The highest BCUT2D eigenvalue weighted by Gasteiger charge is 2.39. The first-order valence-corrected chi connectivity index (χ1v) is 12.3. The summed E-state index contributed by atoms with van der Waals surface area (Å²) >= 11 is 0. The second kappa shape index (κ2) is 7.21. The molecule has 1 aromatic heterocycles. The smallest absolute Gasteiger partial charge is 0.243 e. The highest BCUT2D eigenvalue weighted by molar-refractivity contribution is 7.90. The summed E-state index contributed by atoms with van der Waals surface area (Å²) in [5, 5.41) is 13.8. The Morgan fingerprint density at radius 3 is 2.54 bits per heavy atom. The maximum absolute atomic E-state index is 13.3. The third kappa shape index (κ3) is 3.47. The van der Waals surface area contributed by atoms with E-state index in [4.69, 9.17) is 5.14 Å². The SMILES string of the molecule is NS(=O)(=O)c1cccc(S(=O)(=O)N2CCCC2c2nnc3n2CCCCC3)c1. The fourth-order valence-electron chi connectivity index (χ4n) is 3.99. The maximum Gasteiger partial charge on any atom is 0.243 e. The number of aryl methyl sites for hydroxylation is 1. The number of nitrogens with zero attached hydrogens (tertiary/aromatic N) is 4. The quantitative estimate of drug-likeness (QED) is 0.783. The van der Waals surface area contributed by atoms with Crippen LogP contribution < -0.4 is 5.14 Å². The molecule has 2 aliphatic rings. The second-order valence-corrected chi connectivity index (χ2v) is 10.7. The van der Waals surface area contributed by atoms with Gasteiger partial charge in [-0.25, -0.2) is 22.0 Å². The minimum absolute atomic E-state index is 0.0819. The van der Waals surface area contributed by atoms with Crippen molar-refractivity contribution in [3.63, 3.8) is 0 Å². The number of fused-ring (bicyclic) bond motifs is 1. The molecule has 11 heteroatoms. The lowest BCUT2D eigenvalue weighted by molar-refractivity contribution is 0.370. The van der Waals surface area contributed by atoms with E-state index in [9.17, 15) is 16.8 Å². The molecule has 1 saturated heterocycles. The van der Waals surface area contributed by atoms with Gasteiger partial charge in [-0.05, 0) is 43.9 Å². The Kier molecular flexibility index (Phi) is 5.02. The molecule has 0 radical (unpaired) electrons. The minimum Gasteiger partial charge on any atom is -0.314 e. The lowest BCUT2D eigenvalue weighted by atomic mass is 10.2. The Balaban J connectivity index is 1.72. The molecule has 4 rings (SSSR count). The molecule has 0 amide bonds. The van der Waals surface area contributed by atoms with Gasteiger partial charge in [-0.15, -0.1) is 10.2 Å². The van der Waals surface area contributed by atoms with Gasteiger partial charge in [0.15, 0.2) is 5.82 Å². The summed E-state index contributed by atoms with van der Waals surface area (Å²) in [6, 6.07) is 4.78. The maximum atomic E-state index is 13.3. The molecule has 9 nitrogen and oxygen atoms in total. The molecular formula is C17H23N5O4S2. The third-order valence-electron chi connectivity index (χ3n) is 5.38. The lowest BCUT2D eigenvalue weighted by Crippen LogP contribution is -2.32. The van der Waals surface area contributed by atoms with Crippen molar-refractivity contribution < 1.29 is 16.8 Å². The van der Waals surface area contributed by atoms with Crippen molar-refractivity contribution >= 4 is 20.0 Å². The minimum atomic E-state index is -3.99. The van der Waals surface area contributed by atoms with Crippen LogP contribution in [0.1, 0.15) is 49.8 Å². The molecule has 1 unspecified atom stereocenters. The standard InChI is InChI=1S/C17H23N5O4S2/c18-27(23,24)13-6-4-7-14(12-13)28(25,26)22-11-5-8-15(22)17-20-19-16-9-2-1-3-10-21(16)17/h4,6-7,12,15H,1-3,5,8-11H2,(H2,18,23,24). The Morgan fingerprint density at radius 2 is 1.75 bits per heavy atom. The molecule has 2 aliphatic heterocycles. The molecule has 3 heterocycles. The van der Waals surface area contributed by atoms with Gasteiger partial charge in [0.1, 0.15) is 5.82 Å². The first-order chi connectivity index (χ1) is 13.3. The van der Waals surface area contributed by atoms with E-state index in [1.165, 1.54) is 22.5 Å². The van der Waals surface area contributed by atoms with Crippen LogP contribution in [0, 0.1) is 0 Å². The molecule has 0 saturated carbocycles. The molecule has 0 aliphatic carbocycles. The van der Waals surface area contributed by atoms with Gasteiger partial charge in [0.05, 0.1) is 15.8 Å². The van der Waals surface area contributed by atoms with Crippen molar-refractivity contribution in [3.8, 4) is 0 Å². The predicted octanol–water partition coefficient (Wildman–Crippen LogP) is 1.18. The summed E-state index contributed by atoms with van der Waals surface area (Å²) in [6.07, 6.45) is 5.42. The van der Waals surface area contributed by atoms with Crippen molar-refractivity contribution in [2.24, 2.45) is 5.14 Å². The highest BCUT2D eigenvalue weighted by atomic mass is 32.2. The van der Waals surface area contributed by atoms with Crippen LogP contribution in [0.15, 0.2) is 34.1 Å². The van der Waals surface area contributed by atoms with Crippen LogP contribution in [0.4, 0.5) is 0 Å². The molecule has 0 bridgehead atoms. The molecule has 152 valence electrons. The Morgan fingerprint density at radius 1 is 0.964 bits per heavy atom. The summed E-state index contributed by atoms with van der Waals surface area (Å²) in [4.78, 5) is -0.304. The summed E-state index contributed by atoms with van der Waals surface area (Å²) < 4.78 is 53.3. The number of primary sulfonamides is 1. The van der Waals surface area contributed by atoms with E-state index in [1.807, 2.05) is 0 Å². The van der Waals surface area contributed by atoms with Crippen molar-refractivity contribution in [2.45, 2.75) is 60.9 Å². The molecule has 1 atom stereocenters. The average Bonchev–Trinajstić information content (AvgIpc) is 3.22. The van der Waals surface area contributed by atoms with E-state index in [0.717, 1.165) is 44.1 Å². The molecule has 2 N–H and O–H groups in total. The molecular weight excluding hydrogens is 402 g/mol. The van der Waals surface area contributed by atoms with Gasteiger partial charge >= 0.3 is 0 Å². The zero-order valence-corrected chi connectivity index (χ0v) is 17.0. The van der Waals surface area contributed by atoms with Crippen molar-refractivity contribution in [2.75, 3.05) is 6.54 Å². The van der Waals surface area contributed by atoms with E-state index < -0.39 is 26.1 Å². The van der Waals surface area contributed by atoms with Crippen LogP contribution in [0.2, 0.25) is 0 Å². The Bertz CT molecular complexity index is 1090. The van der Waals surface area contributed by atoms with E-state index >= 15 is 0 Å². The van der Waals surface area contributed by atoms with Crippen LogP contribution in [-0.2, 0) is 33.0 Å². The van der Waals surface area contributed by atoms with Crippen LogP contribution in [0.5, 0.6) is 0 Å². The molecule has 28 heavy (non-hydrogen) atoms. The first-order valence-electron chi connectivity index (χ1n) is 9.35. The van der Waals surface area contributed by atoms with Crippen LogP contribution in [0.25, 0.3) is 0 Å². The summed E-state index contributed by atoms with van der Waals surface area (Å²) in [5.74, 6) is 1.59. The fraction of sp³-hybridized carbons (Fsp3) is 0.529. The summed E-state index contributed by atoms with van der Waals surface area (Å²) in [7, 11) is -7.89.